The second-order valence-electron chi connectivity index (χ2n) is 8.17. The summed E-state index contributed by atoms with van der Waals surface area (Å²) in [6.07, 6.45) is 5.42. The second-order valence-corrected chi connectivity index (χ2v) is 8.17. The van der Waals surface area contributed by atoms with E-state index in [2.05, 4.69) is 44.8 Å². The summed E-state index contributed by atoms with van der Waals surface area (Å²) in [6, 6.07) is 0. The molecule has 2 heteroatoms. The molecule has 1 saturated heterocycles. The highest BCUT2D eigenvalue weighted by atomic mass is 15.2. The van der Waals surface area contributed by atoms with Crippen LogP contribution in [0.1, 0.15) is 60.3 Å². The molecule has 0 atom stereocenters. The fourth-order valence-corrected chi connectivity index (χ4v) is 5.10. The van der Waals surface area contributed by atoms with Crippen molar-refractivity contribution in [3.05, 3.63) is 0 Å². The van der Waals surface area contributed by atoms with Gasteiger partial charge in [0.05, 0.1) is 0 Å². The van der Waals surface area contributed by atoms with Crippen LogP contribution in [0.5, 0.6) is 0 Å². The first-order valence-electron chi connectivity index (χ1n) is 7.75. The van der Waals surface area contributed by atoms with Gasteiger partial charge in [-0.2, -0.15) is 0 Å². The smallest absolute Gasteiger partial charge is 0.0218 e. The average Bonchev–Trinajstić information content (AvgIpc) is 2.26. The minimum absolute atomic E-state index is 0.452. The Morgan fingerprint density at radius 1 is 0.889 bits per heavy atom. The van der Waals surface area contributed by atoms with E-state index in [9.17, 15) is 0 Å². The molecule has 2 rings (SSSR count). The van der Waals surface area contributed by atoms with Gasteiger partial charge in [-0.3, -0.25) is 4.90 Å². The molecule has 1 N–H and O–H groups in total. The van der Waals surface area contributed by atoms with Crippen LogP contribution in [0.25, 0.3) is 0 Å². The lowest BCUT2D eigenvalue weighted by atomic mass is 9.57. The van der Waals surface area contributed by atoms with E-state index in [1.807, 2.05) is 0 Å². The number of piperazine rings is 1. The molecule has 2 fully saturated rings. The van der Waals surface area contributed by atoms with Crippen LogP contribution in [0, 0.1) is 10.8 Å². The molecule has 106 valence electrons. The summed E-state index contributed by atoms with van der Waals surface area (Å²) < 4.78 is 0. The van der Waals surface area contributed by atoms with E-state index in [1.54, 1.807) is 0 Å². The van der Waals surface area contributed by atoms with Gasteiger partial charge in [-0.25, -0.2) is 0 Å². The highest BCUT2D eigenvalue weighted by Gasteiger charge is 2.49. The third-order valence-corrected chi connectivity index (χ3v) is 5.02. The quantitative estimate of drug-likeness (QED) is 0.811. The Bertz CT molecular complexity index is 271. The first-order chi connectivity index (χ1) is 8.29. The third kappa shape index (κ3) is 2.91. The summed E-state index contributed by atoms with van der Waals surface area (Å²) in [7, 11) is 0. The van der Waals surface area contributed by atoms with Crippen molar-refractivity contribution in [2.24, 2.45) is 10.8 Å². The van der Waals surface area contributed by atoms with Crippen LogP contribution in [0.3, 0.4) is 0 Å². The van der Waals surface area contributed by atoms with E-state index >= 15 is 0 Å². The highest BCUT2D eigenvalue weighted by molar-refractivity contribution is 5.03. The standard InChI is InChI=1S/C16H32N2/c1-6-16(18-9-7-17-8-10-18)12-14(2,3)11-15(4,5)13-16/h17H,6-13H2,1-5H3. The maximum atomic E-state index is 3.49. The zero-order valence-electron chi connectivity index (χ0n) is 13.1. The molecule has 2 aliphatic rings. The minimum atomic E-state index is 0.452. The van der Waals surface area contributed by atoms with Crippen LogP contribution in [0.4, 0.5) is 0 Å². The minimum Gasteiger partial charge on any atom is -0.314 e. The van der Waals surface area contributed by atoms with Gasteiger partial charge >= 0.3 is 0 Å². The summed E-state index contributed by atoms with van der Waals surface area (Å²) in [5.74, 6) is 0. The van der Waals surface area contributed by atoms with Gasteiger partial charge in [0, 0.05) is 31.7 Å². The molecular weight excluding hydrogens is 220 g/mol. The molecule has 0 spiro atoms. The Labute approximate surface area is 114 Å². The molecule has 0 aromatic heterocycles. The largest absolute Gasteiger partial charge is 0.314 e. The van der Waals surface area contributed by atoms with Crippen LogP contribution in [0.15, 0.2) is 0 Å². The highest BCUT2D eigenvalue weighted by Crippen LogP contribution is 2.53. The van der Waals surface area contributed by atoms with E-state index in [0.717, 1.165) is 0 Å². The van der Waals surface area contributed by atoms with Crippen molar-refractivity contribution in [2.45, 2.75) is 65.8 Å². The van der Waals surface area contributed by atoms with Crippen molar-refractivity contribution in [1.82, 2.24) is 10.2 Å². The van der Waals surface area contributed by atoms with E-state index in [1.165, 1.54) is 51.9 Å². The summed E-state index contributed by atoms with van der Waals surface area (Å²) in [6.45, 7) is 17.1. The number of hydrogen-bond acceptors (Lipinski definition) is 2. The second kappa shape index (κ2) is 4.79. The van der Waals surface area contributed by atoms with Crippen molar-refractivity contribution < 1.29 is 0 Å². The lowest BCUT2D eigenvalue weighted by Crippen LogP contribution is -2.61. The molecule has 0 amide bonds. The molecule has 1 heterocycles. The zero-order valence-corrected chi connectivity index (χ0v) is 13.1. The Morgan fingerprint density at radius 3 is 1.83 bits per heavy atom. The number of hydrogen-bond donors (Lipinski definition) is 1. The number of nitrogens with one attached hydrogen (secondary N) is 1. The molecule has 0 unspecified atom stereocenters. The van der Waals surface area contributed by atoms with Gasteiger partial charge in [-0.15, -0.1) is 0 Å². The van der Waals surface area contributed by atoms with Crippen molar-refractivity contribution in [3.8, 4) is 0 Å². The van der Waals surface area contributed by atoms with Gasteiger partial charge < -0.3 is 5.32 Å². The molecule has 0 radical (unpaired) electrons. The average molecular weight is 252 g/mol. The number of nitrogens with zero attached hydrogens (tertiary/aromatic N) is 1. The molecule has 1 aliphatic carbocycles. The molecule has 0 aromatic carbocycles. The maximum absolute atomic E-state index is 3.49. The molecule has 0 aromatic rings. The monoisotopic (exact) mass is 252 g/mol. The van der Waals surface area contributed by atoms with Gasteiger partial charge in [0.2, 0.25) is 0 Å². The van der Waals surface area contributed by atoms with Crippen LogP contribution >= 0.6 is 0 Å². The van der Waals surface area contributed by atoms with Gasteiger partial charge in [-0.05, 0) is 36.5 Å². The van der Waals surface area contributed by atoms with Gasteiger partial charge in [0.1, 0.15) is 0 Å². The Hall–Kier alpha value is -0.0800. The Morgan fingerprint density at radius 2 is 1.39 bits per heavy atom. The first-order valence-corrected chi connectivity index (χ1v) is 7.75. The Balaban J connectivity index is 2.24. The summed E-state index contributed by atoms with van der Waals surface area (Å²) in [4.78, 5) is 2.80. The van der Waals surface area contributed by atoms with Crippen LogP contribution in [-0.4, -0.2) is 36.6 Å². The predicted octanol–water partition coefficient (Wildman–Crippen LogP) is 3.28. The maximum Gasteiger partial charge on any atom is 0.0218 e. The van der Waals surface area contributed by atoms with Gasteiger partial charge in [0.15, 0.2) is 0 Å². The van der Waals surface area contributed by atoms with E-state index in [0.29, 0.717) is 16.4 Å². The predicted molar refractivity (Wildman–Crippen MR) is 78.9 cm³/mol. The van der Waals surface area contributed by atoms with Crippen LogP contribution in [0.2, 0.25) is 0 Å². The lowest BCUT2D eigenvalue weighted by molar-refractivity contribution is -0.0555. The molecule has 18 heavy (non-hydrogen) atoms. The van der Waals surface area contributed by atoms with Crippen LogP contribution in [-0.2, 0) is 0 Å². The summed E-state index contributed by atoms with van der Waals surface area (Å²) in [5, 5.41) is 3.49. The molecular formula is C16H32N2. The molecule has 2 nitrogen and oxygen atoms in total. The van der Waals surface area contributed by atoms with Gasteiger partial charge in [-0.1, -0.05) is 34.6 Å². The molecule has 0 bridgehead atoms. The third-order valence-electron chi connectivity index (χ3n) is 5.02. The first kappa shape index (κ1) is 14.3. The zero-order chi connectivity index (χ0) is 13.4. The van der Waals surface area contributed by atoms with Crippen molar-refractivity contribution in [3.63, 3.8) is 0 Å². The van der Waals surface area contributed by atoms with E-state index in [4.69, 9.17) is 0 Å². The molecule has 1 aliphatic heterocycles. The summed E-state index contributed by atoms with van der Waals surface area (Å²) in [5.41, 5.74) is 1.43. The lowest BCUT2D eigenvalue weighted by Gasteiger charge is -2.57. The topological polar surface area (TPSA) is 15.3 Å². The Kier molecular flexibility index (Phi) is 3.81. The normalized spacial score (nSPS) is 31.2. The summed E-state index contributed by atoms with van der Waals surface area (Å²) >= 11 is 0. The van der Waals surface area contributed by atoms with Gasteiger partial charge in [0.25, 0.3) is 0 Å². The van der Waals surface area contributed by atoms with Crippen LogP contribution < -0.4 is 5.32 Å². The van der Waals surface area contributed by atoms with E-state index in [-0.39, 0.29) is 0 Å². The van der Waals surface area contributed by atoms with Crippen molar-refractivity contribution >= 4 is 0 Å². The molecule has 1 saturated carbocycles. The fourth-order valence-electron chi connectivity index (χ4n) is 5.10. The number of rotatable bonds is 2. The SMILES string of the molecule is CCC1(N2CCNCC2)CC(C)(C)CC(C)(C)C1. The fraction of sp³-hybridized carbons (Fsp3) is 1.00. The van der Waals surface area contributed by atoms with Crippen molar-refractivity contribution in [2.75, 3.05) is 26.2 Å². The van der Waals surface area contributed by atoms with Crippen molar-refractivity contribution in [1.29, 1.82) is 0 Å². The van der Waals surface area contributed by atoms with E-state index < -0.39 is 0 Å².